The zero-order chi connectivity index (χ0) is 14.7. The van der Waals surface area contributed by atoms with Gasteiger partial charge in [-0.3, -0.25) is 4.79 Å². The van der Waals surface area contributed by atoms with Crippen LogP contribution in [0.2, 0.25) is 0 Å². The third kappa shape index (κ3) is 3.61. The summed E-state index contributed by atoms with van der Waals surface area (Å²) in [6.07, 6.45) is 2.19. The molecule has 0 atom stereocenters. The van der Waals surface area contributed by atoms with Crippen molar-refractivity contribution in [3.05, 3.63) is 46.5 Å². The number of rotatable bonds is 6. The van der Waals surface area contributed by atoms with Crippen LogP contribution in [0, 0.1) is 0 Å². The minimum absolute atomic E-state index is 0.128. The molecular formula is C15H18N4O2. The van der Waals surface area contributed by atoms with Gasteiger partial charge in [-0.2, -0.15) is 0 Å². The van der Waals surface area contributed by atoms with Crippen molar-refractivity contribution >= 4 is 11.5 Å². The Hall–Kier alpha value is -2.34. The van der Waals surface area contributed by atoms with Gasteiger partial charge in [0.2, 0.25) is 0 Å². The van der Waals surface area contributed by atoms with Gasteiger partial charge in [0.25, 0.3) is 5.56 Å². The lowest BCUT2D eigenvalue weighted by atomic mass is 10.3. The first-order valence-electron chi connectivity index (χ1n) is 7.06. The molecule has 110 valence electrons. The lowest BCUT2D eigenvalue weighted by Crippen LogP contribution is -2.11. The number of ether oxygens (including phenoxy) is 1. The highest BCUT2D eigenvalue weighted by molar-refractivity contribution is 5.56. The summed E-state index contributed by atoms with van der Waals surface area (Å²) in [7, 11) is 0. The molecule has 1 heterocycles. The first-order chi connectivity index (χ1) is 10.2. The van der Waals surface area contributed by atoms with Crippen molar-refractivity contribution in [2.45, 2.75) is 18.8 Å². The monoisotopic (exact) mass is 286 g/mol. The lowest BCUT2D eigenvalue weighted by molar-refractivity contribution is 0.328. The molecule has 1 aromatic heterocycles. The normalized spacial score (nSPS) is 14.0. The van der Waals surface area contributed by atoms with Crippen molar-refractivity contribution in [2.24, 2.45) is 5.73 Å². The number of aromatic amines is 1. The van der Waals surface area contributed by atoms with E-state index in [0.717, 1.165) is 30.1 Å². The molecule has 21 heavy (non-hydrogen) atoms. The Morgan fingerprint density at radius 1 is 1.33 bits per heavy atom. The molecule has 1 saturated carbocycles. The Bertz CT molecular complexity index is 662. The van der Waals surface area contributed by atoms with Gasteiger partial charge < -0.3 is 20.8 Å². The van der Waals surface area contributed by atoms with Crippen LogP contribution >= 0.6 is 0 Å². The van der Waals surface area contributed by atoms with E-state index < -0.39 is 0 Å². The van der Waals surface area contributed by atoms with Crippen LogP contribution in [-0.4, -0.2) is 23.1 Å². The van der Waals surface area contributed by atoms with E-state index in [1.54, 1.807) is 0 Å². The van der Waals surface area contributed by atoms with Crippen LogP contribution in [0.1, 0.15) is 24.6 Å². The third-order valence-electron chi connectivity index (χ3n) is 3.24. The van der Waals surface area contributed by atoms with Gasteiger partial charge in [-0.1, -0.05) is 0 Å². The second-order valence-electron chi connectivity index (χ2n) is 5.08. The number of anilines is 2. The predicted molar refractivity (Wildman–Crippen MR) is 81.1 cm³/mol. The topological polar surface area (TPSA) is 93.0 Å². The number of aromatic nitrogens is 2. The molecule has 1 aliphatic carbocycles. The van der Waals surface area contributed by atoms with Crippen molar-refractivity contribution in [2.75, 3.05) is 18.5 Å². The third-order valence-corrected chi connectivity index (χ3v) is 3.24. The molecule has 3 rings (SSSR count). The number of nitrogens with one attached hydrogen (secondary N) is 2. The van der Waals surface area contributed by atoms with Crippen LogP contribution in [-0.2, 0) is 0 Å². The molecule has 0 saturated heterocycles. The average molecular weight is 286 g/mol. The number of hydrogen-bond acceptors (Lipinski definition) is 5. The molecule has 0 radical (unpaired) electrons. The fourth-order valence-electron chi connectivity index (χ4n) is 2.05. The van der Waals surface area contributed by atoms with E-state index in [4.69, 9.17) is 10.5 Å². The molecule has 0 bridgehead atoms. The standard InChI is InChI=1S/C15H18N4O2/c16-7-8-21-12-5-3-11(4-6-12)17-13-9-14(20)19-15(18-13)10-1-2-10/h3-6,9-10H,1-2,7-8,16H2,(H2,17,18,19,20). The SMILES string of the molecule is NCCOc1ccc(Nc2cc(=O)[nH]c(C3CC3)n2)cc1. The zero-order valence-corrected chi connectivity index (χ0v) is 11.6. The minimum atomic E-state index is -0.128. The smallest absolute Gasteiger partial charge is 0.252 e. The maximum atomic E-state index is 11.6. The van der Waals surface area contributed by atoms with Gasteiger partial charge in [0.05, 0.1) is 0 Å². The molecule has 2 aromatic rings. The van der Waals surface area contributed by atoms with Crippen LogP contribution in [0.3, 0.4) is 0 Å². The van der Waals surface area contributed by atoms with E-state index in [1.165, 1.54) is 6.07 Å². The van der Waals surface area contributed by atoms with Crippen molar-refractivity contribution in [3.63, 3.8) is 0 Å². The molecule has 0 spiro atoms. The Morgan fingerprint density at radius 2 is 2.10 bits per heavy atom. The van der Waals surface area contributed by atoms with Crippen LogP contribution in [0.25, 0.3) is 0 Å². The summed E-state index contributed by atoms with van der Waals surface area (Å²) in [4.78, 5) is 18.9. The fourth-order valence-corrected chi connectivity index (χ4v) is 2.05. The maximum Gasteiger partial charge on any atom is 0.252 e. The second kappa shape index (κ2) is 5.97. The zero-order valence-electron chi connectivity index (χ0n) is 11.6. The van der Waals surface area contributed by atoms with Crippen LogP contribution < -0.4 is 21.3 Å². The quantitative estimate of drug-likeness (QED) is 0.752. The predicted octanol–water partition coefficient (Wildman–Crippen LogP) is 1.73. The number of H-pyrrole nitrogens is 1. The van der Waals surface area contributed by atoms with Gasteiger partial charge in [-0.25, -0.2) is 4.98 Å². The van der Waals surface area contributed by atoms with Gasteiger partial charge >= 0.3 is 0 Å². The summed E-state index contributed by atoms with van der Waals surface area (Å²) in [5, 5.41) is 3.14. The van der Waals surface area contributed by atoms with Crippen LogP contribution in [0.4, 0.5) is 11.5 Å². The Kier molecular flexibility index (Phi) is 3.87. The highest BCUT2D eigenvalue weighted by atomic mass is 16.5. The van der Waals surface area contributed by atoms with Crippen LogP contribution in [0.15, 0.2) is 35.1 Å². The summed E-state index contributed by atoms with van der Waals surface area (Å²) in [6.45, 7) is 0.980. The Morgan fingerprint density at radius 3 is 2.76 bits per heavy atom. The van der Waals surface area contributed by atoms with Gasteiger partial charge in [0.15, 0.2) is 0 Å². The fraction of sp³-hybridized carbons (Fsp3) is 0.333. The van der Waals surface area contributed by atoms with Gasteiger partial charge in [0.1, 0.15) is 24.0 Å². The molecule has 1 aromatic carbocycles. The molecule has 0 unspecified atom stereocenters. The largest absolute Gasteiger partial charge is 0.492 e. The van der Waals surface area contributed by atoms with E-state index >= 15 is 0 Å². The molecule has 0 amide bonds. The number of nitrogens with two attached hydrogens (primary N) is 1. The van der Waals surface area contributed by atoms with Gasteiger partial charge in [-0.05, 0) is 37.1 Å². The molecular weight excluding hydrogens is 268 g/mol. The van der Waals surface area contributed by atoms with E-state index in [9.17, 15) is 4.79 Å². The summed E-state index contributed by atoms with van der Waals surface area (Å²) in [5.74, 6) is 2.51. The Balaban J connectivity index is 1.72. The van der Waals surface area contributed by atoms with E-state index in [-0.39, 0.29) is 5.56 Å². The Labute approximate surface area is 122 Å². The summed E-state index contributed by atoms with van der Waals surface area (Å²) in [5.41, 5.74) is 6.12. The molecule has 6 heteroatoms. The molecule has 1 aliphatic rings. The molecule has 0 aliphatic heterocycles. The van der Waals surface area contributed by atoms with Crippen molar-refractivity contribution in [3.8, 4) is 5.75 Å². The second-order valence-corrected chi connectivity index (χ2v) is 5.08. The van der Waals surface area contributed by atoms with E-state index in [0.29, 0.717) is 24.9 Å². The molecule has 4 N–H and O–H groups in total. The van der Waals surface area contributed by atoms with Crippen molar-refractivity contribution in [1.29, 1.82) is 0 Å². The first kappa shape index (κ1) is 13.6. The minimum Gasteiger partial charge on any atom is -0.492 e. The van der Waals surface area contributed by atoms with Crippen molar-refractivity contribution in [1.82, 2.24) is 9.97 Å². The summed E-state index contributed by atoms with van der Waals surface area (Å²) >= 11 is 0. The maximum absolute atomic E-state index is 11.6. The lowest BCUT2D eigenvalue weighted by Gasteiger charge is -2.08. The molecule has 6 nitrogen and oxygen atoms in total. The number of benzene rings is 1. The van der Waals surface area contributed by atoms with Gasteiger partial charge in [-0.15, -0.1) is 0 Å². The summed E-state index contributed by atoms with van der Waals surface area (Å²) < 4.78 is 5.41. The van der Waals surface area contributed by atoms with Crippen molar-refractivity contribution < 1.29 is 4.74 Å². The number of nitrogens with zero attached hydrogens (tertiary/aromatic N) is 1. The highest BCUT2D eigenvalue weighted by Crippen LogP contribution is 2.37. The number of hydrogen-bond donors (Lipinski definition) is 3. The van der Waals surface area contributed by atoms with E-state index in [2.05, 4.69) is 15.3 Å². The van der Waals surface area contributed by atoms with E-state index in [1.807, 2.05) is 24.3 Å². The molecule has 1 fully saturated rings. The first-order valence-corrected chi connectivity index (χ1v) is 7.06. The summed E-state index contributed by atoms with van der Waals surface area (Å²) in [6, 6.07) is 8.93. The van der Waals surface area contributed by atoms with Gasteiger partial charge in [0, 0.05) is 24.2 Å². The average Bonchev–Trinajstić information content (AvgIpc) is 3.30. The highest BCUT2D eigenvalue weighted by Gasteiger charge is 2.26. The van der Waals surface area contributed by atoms with Crippen LogP contribution in [0.5, 0.6) is 5.75 Å².